The van der Waals surface area contributed by atoms with E-state index in [4.69, 9.17) is 26.7 Å². The smallest absolute Gasteiger partial charge is 0.331 e. The number of carbonyl (C=O) groups is 1. The molecule has 0 aliphatic carbocycles. The lowest BCUT2D eigenvalue weighted by Gasteiger charge is -2.33. The fraction of sp³-hybridized carbons (Fsp3) is 0.318. The highest BCUT2D eigenvalue weighted by molar-refractivity contribution is 5.84. The highest BCUT2D eigenvalue weighted by Crippen LogP contribution is 2.36. The molecule has 0 bridgehead atoms. The van der Waals surface area contributed by atoms with Crippen molar-refractivity contribution in [3.63, 3.8) is 0 Å². The summed E-state index contributed by atoms with van der Waals surface area (Å²) in [5.74, 6) is 1.09. The predicted octanol–water partition coefficient (Wildman–Crippen LogP) is 2.96. The molecule has 1 unspecified atom stereocenters. The third-order valence-corrected chi connectivity index (χ3v) is 4.63. The summed E-state index contributed by atoms with van der Waals surface area (Å²) in [7, 11) is 0. The summed E-state index contributed by atoms with van der Waals surface area (Å²) in [6.45, 7) is 7.20. The van der Waals surface area contributed by atoms with Crippen molar-refractivity contribution in [3.05, 3.63) is 65.2 Å². The van der Waals surface area contributed by atoms with Crippen LogP contribution >= 0.6 is 0 Å². The molecule has 2 aromatic rings. The highest BCUT2D eigenvalue weighted by Gasteiger charge is 2.40. The minimum Gasteiger partial charge on any atom is -0.458 e. The van der Waals surface area contributed by atoms with Gasteiger partial charge in [-0.2, -0.15) is 0 Å². The number of allylic oxidation sites excluding steroid dienone is 1. The van der Waals surface area contributed by atoms with Gasteiger partial charge in [0, 0.05) is 12.1 Å². The number of nitrogen functional groups attached to an aromatic ring is 1. The number of benzene rings is 2. The molecule has 1 atom stereocenters. The van der Waals surface area contributed by atoms with Crippen LogP contribution in [0.25, 0.3) is 0 Å². The van der Waals surface area contributed by atoms with Crippen molar-refractivity contribution in [1.29, 1.82) is 0 Å². The predicted molar refractivity (Wildman–Crippen MR) is 114 cm³/mol. The Labute approximate surface area is 170 Å². The molecule has 7 nitrogen and oxygen atoms in total. The Kier molecular flexibility index (Phi) is 5.19. The SMILES string of the molecule is CC1=C(N)Nc2cc(C(N)(Cc3ccc(N)cc3)C(=O)OC(C)(C)C)ccc2O1. The summed E-state index contributed by atoms with van der Waals surface area (Å²) in [4.78, 5) is 13.2. The number of carbonyl (C=O) groups excluding carboxylic acids is 1. The summed E-state index contributed by atoms with van der Waals surface area (Å²) in [6, 6.07) is 12.6. The number of ether oxygens (including phenoxy) is 2. The fourth-order valence-corrected chi connectivity index (χ4v) is 3.07. The minimum absolute atomic E-state index is 0.242. The summed E-state index contributed by atoms with van der Waals surface area (Å²) in [5.41, 5.74) is 19.1. The van der Waals surface area contributed by atoms with E-state index in [9.17, 15) is 4.79 Å². The lowest BCUT2D eigenvalue weighted by molar-refractivity contribution is -0.162. The van der Waals surface area contributed by atoms with E-state index in [0.717, 1.165) is 5.56 Å². The molecule has 1 aliphatic heterocycles. The molecule has 154 valence electrons. The molecule has 2 aromatic carbocycles. The maximum absolute atomic E-state index is 13.2. The van der Waals surface area contributed by atoms with E-state index in [0.29, 0.717) is 34.3 Å². The molecule has 0 fully saturated rings. The molecule has 1 heterocycles. The molecule has 1 aliphatic rings. The van der Waals surface area contributed by atoms with Gasteiger partial charge in [0.1, 0.15) is 22.7 Å². The van der Waals surface area contributed by atoms with Gasteiger partial charge in [0.2, 0.25) is 0 Å². The number of rotatable bonds is 4. The monoisotopic (exact) mass is 396 g/mol. The Bertz CT molecular complexity index is 961. The van der Waals surface area contributed by atoms with Crippen LogP contribution in [0.4, 0.5) is 11.4 Å². The minimum atomic E-state index is -1.41. The summed E-state index contributed by atoms with van der Waals surface area (Å²) < 4.78 is 11.4. The molecular weight excluding hydrogens is 368 g/mol. The average Bonchev–Trinajstić information content (AvgIpc) is 2.62. The highest BCUT2D eigenvalue weighted by atomic mass is 16.6. The molecular formula is C22H28N4O3. The number of hydrogen-bond donors (Lipinski definition) is 4. The number of esters is 1. The van der Waals surface area contributed by atoms with Gasteiger partial charge in [-0.15, -0.1) is 0 Å². The second-order valence-corrected chi connectivity index (χ2v) is 8.30. The van der Waals surface area contributed by atoms with Gasteiger partial charge in [-0.1, -0.05) is 18.2 Å². The van der Waals surface area contributed by atoms with Gasteiger partial charge < -0.3 is 32.0 Å². The van der Waals surface area contributed by atoms with Gasteiger partial charge in [0.15, 0.2) is 5.75 Å². The van der Waals surface area contributed by atoms with Crippen LogP contribution in [0.15, 0.2) is 54.0 Å². The van der Waals surface area contributed by atoms with Crippen LogP contribution in [0.3, 0.4) is 0 Å². The first-order chi connectivity index (χ1) is 13.5. The molecule has 3 rings (SSSR count). The van der Waals surface area contributed by atoms with E-state index >= 15 is 0 Å². The third kappa shape index (κ3) is 4.46. The number of nitrogens with two attached hydrogens (primary N) is 3. The Morgan fingerprint density at radius 2 is 1.76 bits per heavy atom. The zero-order valence-corrected chi connectivity index (χ0v) is 17.2. The molecule has 7 N–H and O–H groups in total. The van der Waals surface area contributed by atoms with Crippen molar-refractivity contribution >= 4 is 17.3 Å². The Balaban J connectivity index is 2.02. The Morgan fingerprint density at radius 1 is 1.10 bits per heavy atom. The first kappa shape index (κ1) is 20.5. The number of hydrogen-bond acceptors (Lipinski definition) is 7. The third-order valence-electron chi connectivity index (χ3n) is 4.63. The van der Waals surface area contributed by atoms with Crippen LogP contribution in [0.2, 0.25) is 0 Å². The van der Waals surface area contributed by atoms with Gasteiger partial charge >= 0.3 is 5.97 Å². The lowest BCUT2D eigenvalue weighted by Crippen LogP contribution is -2.50. The van der Waals surface area contributed by atoms with Crippen molar-refractivity contribution in [2.45, 2.75) is 45.3 Å². The largest absolute Gasteiger partial charge is 0.458 e. The summed E-state index contributed by atoms with van der Waals surface area (Å²) >= 11 is 0. The standard InChI is InChI=1S/C22H28N4O3/c1-13-19(24)26-17-11-15(7-10-18(17)28-13)22(25,20(27)29-21(2,3)4)12-14-5-8-16(23)9-6-14/h5-11,26H,12,23-25H2,1-4H3. The van der Waals surface area contributed by atoms with Gasteiger partial charge in [0.05, 0.1) is 5.69 Å². The molecule has 7 heteroatoms. The van der Waals surface area contributed by atoms with Crippen molar-refractivity contribution in [2.75, 3.05) is 11.1 Å². The van der Waals surface area contributed by atoms with Crippen molar-refractivity contribution < 1.29 is 14.3 Å². The molecule has 29 heavy (non-hydrogen) atoms. The number of nitrogens with one attached hydrogen (secondary N) is 1. The lowest BCUT2D eigenvalue weighted by atomic mass is 9.84. The maximum atomic E-state index is 13.2. The summed E-state index contributed by atoms with van der Waals surface area (Å²) in [6.07, 6.45) is 0.242. The second-order valence-electron chi connectivity index (χ2n) is 8.30. The van der Waals surface area contributed by atoms with Crippen LogP contribution in [0.5, 0.6) is 5.75 Å². The van der Waals surface area contributed by atoms with Gasteiger partial charge in [-0.05, 0) is 63.1 Å². The topological polar surface area (TPSA) is 126 Å². The molecule has 0 radical (unpaired) electrons. The van der Waals surface area contributed by atoms with Crippen LogP contribution in [0.1, 0.15) is 38.8 Å². The normalized spacial score (nSPS) is 15.6. The number of fused-ring (bicyclic) bond motifs is 1. The van der Waals surface area contributed by atoms with E-state index in [2.05, 4.69) is 5.32 Å². The molecule has 0 aromatic heterocycles. The van der Waals surface area contributed by atoms with E-state index in [1.807, 2.05) is 32.9 Å². The van der Waals surface area contributed by atoms with E-state index in [1.165, 1.54) is 0 Å². The second kappa shape index (κ2) is 7.33. The first-order valence-corrected chi connectivity index (χ1v) is 9.40. The maximum Gasteiger partial charge on any atom is 0.331 e. The van der Waals surface area contributed by atoms with Crippen molar-refractivity contribution in [3.8, 4) is 5.75 Å². The summed E-state index contributed by atoms with van der Waals surface area (Å²) in [5, 5.41) is 3.09. The molecule has 0 saturated carbocycles. The number of anilines is 2. The zero-order valence-electron chi connectivity index (χ0n) is 17.2. The Morgan fingerprint density at radius 3 is 2.38 bits per heavy atom. The van der Waals surface area contributed by atoms with Gasteiger partial charge in [-0.25, -0.2) is 4.79 Å². The van der Waals surface area contributed by atoms with E-state index in [-0.39, 0.29) is 6.42 Å². The fourth-order valence-electron chi connectivity index (χ4n) is 3.07. The van der Waals surface area contributed by atoms with Crippen LogP contribution in [0, 0.1) is 0 Å². The molecule has 0 amide bonds. The van der Waals surface area contributed by atoms with Crippen LogP contribution < -0.4 is 27.3 Å². The van der Waals surface area contributed by atoms with E-state index < -0.39 is 17.1 Å². The molecule has 0 saturated heterocycles. The van der Waals surface area contributed by atoms with Crippen LogP contribution in [-0.4, -0.2) is 11.6 Å². The van der Waals surface area contributed by atoms with Gasteiger partial charge in [0.25, 0.3) is 0 Å². The molecule has 0 spiro atoms. The first-order valence-electron chi connectivity index (χ1n) is 9.40. The van der Waals surface area contributed by atoms with E-state index in [1.54, 1.807) is 37.3 Å². The van der Waals surface area contributed by atoms with Gasteiger partial charge in [-0.3, -0.25) is 0 Å². The Hall–Kier alpha value is -3.19. The zero-order chi connectivity index (χ0) is 21.4. The average molecular weight is 396 g/mol. The van der Waals surface area contributed by atoms with Crippen molar-refractivity contribution in [2.24, 2.45) is 11.5 Å². The van der Waals surface area contributed by atoms with Crippen LogP contribution in [-0.2, 0) is 21.5 Å². The van der Waals surface area contributed by atoms with Crippen molar-refractivity contribution in [1.82, 2.24) is 0 Å². The quantitative estimate of drug-likeness (QED) is 0.462.